The van der Waals surface area contributed by atoms with Crippen LogP contribution < -0.4 is 11.1 Å². The highest BCUT2D eigenvalue weighted by atomic mass is 35.5. The molecule has 1 aliphatic heterocycles. The molecule has 0 spiro atoms. The van der Waals surface area contributed by atoms with E-state index in [1.807, 2.05) is 12.1 Å². The lowest BCUT2D eigenvalue weighted by Crippen LogP contribution is -2.54. The Morgan fingerprint density at radius 3 is 2.47 bits per heavy atom. The quantitative estimate of drug-likeness (QED) is 0.678. The smallest absolute Gasteiger partial charge is 0.244 e. The van der Waals surface area contributed by atoms with Gasteiger partial charge in [0, 0.05) is 11.6 Å². The Hall–Kier alpha value is -2.52. The monoisotopic (exact) mass is 427 g/mol. The van der Waals surface area contributed by atoms with Crippen LogP contribution in [0.15, 0.2) is 24.3 Å². The lowest BCUT2D eigenvalue weighted by atomic mass is 9.92. The Morgan fingerprint density at radius 1 is 1.30 bits per heavy atom. The van der Waals surface area contributed by atoms with Crippen molar-refractivity contribution < 1.29 is 14.4 Å². The SMILES string of the molecule is C#C[C@H](CC(N)=O)NC(=O)[C@@H]1[C@@H]2[C@H](CN1C(=O)C1(c3ccc(Cl)cc3)CC1)C2(C)C. The molecule has 1 saturated heterocycles. The highest BCUT2D eigenvalue weighted by Crippen LogP contribution is 2.66. The second-order valence-electron chi connectivity index (χ2n) is 9.34. The first-order valence-corrected chi connectivity index (χ1v) is 10.6. The van der Waals surface area contributed by atoms with E-state index in [1.54, 1.807) is 17.0 Å². The van der Waals surface area contributed by atoms with Crippen molar-refractivity contribution in [2.75, 3.05) is 6.54 Å². The molecule has 1 heterocycles. The summed E-state index contributed by atoms with van der Waals surface area (Å²) in [7, 11) is 0. The molecule has 3 N–H and O–H groups in total. The van der Waals surface area contributed by atoms with Crippen molar-refractivity contribution in [1.29, 1.82) is 0 Å². The van der Waals surface area contributed by atoms with Crippen LogP contribution in [0, 0.1) is 29.6 Å². The zero-order valence-electron chi connectivity index (χ0n) is 17.2. The van der Waals surface area contributed by atoms with E-state index >= 15 is 0 Å². The summed E-state index contributed by atoms with van der Waals surface area (Å²) in [5, 5.41) is 3.37. The molecule has 3 aliphatic rings. The van der Waals surface area contributed by atoms with Crippen molar-refractivity contribution in [3.8, 4) is 12.3 Å². The van der Waals surface area contributed by atoms with Crippen LogP contribution in [0.3, 0.4) is 0 Å². The third-order valence-electron chi connectivity index (χ3n) is 7.22. The zero-order chi connectivity index (χ0) is 21.8. The molecule has 1 aromatic rings. The molecule has 30 heavy (non-hydrogen) atoms. The number of piperidine rings is 1. The minimum Gasteiger partial charge on any atom is -0.370 e. The van der Waals surface area contributed by atoms with Crippen LogP contribution in [0.2, 0.25) is 5.02 Å². The highest BCUT2D eigenvalue weighted by Gasteiger charge is 2.71. The molecular formula is C23H26ClN3O3. The molecule has 4 rings (SSSR count). The fourth-order valence-corrected chi connectivity index (χ4v) is 5.33. The number of primary amides is 1. The van der Waals surface area contributed by atoms with E-state index in [0.717, 1.165) is 18.4 Å². The molecule has 0 aromatic heterocycles. The number of terminal acetylenes is 1. The zero-order valence-corrected chi connectivity index (χ0v) is 17.9. The molecule has 1 aromatic carbocycles. The molecule has 3 fully saturated rings. The fourth-order valence-electron chi connectivity index (χ4n) is 5.20. The van der Waals surface area contributed by atoms with Crippen LogP contribution in [0.1, 0.15) is 38.7 Å². The second kappa shape index (κ2) is 7.02. The fraction of sp³-hybridized carbons (Fsp3) is 0.522. The number of likely N-dealkylation sites (tertiary alicyclic amines) is 1. The highest BCUT2D eigenvalue weighted by molar-refractivity contribution is 6.30. The normalized spacial score (nSPS) is 28.1. The van der Waals surface area contributed by atoms with Gasteiger partial charge in [-0.05, 0) is 47.8 Å². The maximum atomic E-state index is 13.6. The number of hydrogen-bond acceptors (Lipinski definition) is 3. The van der Waals surface area contributed by atoms with Crippen LogP contribution >= 0.6 is 11.6 Å². The first kappa shape index (κ1) is 20.7. The largest absolute Gasteiger partial charge is 0.370 e. The molecular weight excluding hydrogens is 402 g/mol. The van der Waals surface area contributed by atoms with E-state index in [9.17, 15) is 14.4 Å². The van der Waals surface area contributed by atoms with Crippen LogP contribution in [0.25, 0.3) is 0 Å². The second-order valence-corrected chi connectivity index (χ2v) is 9.78. The first-order valence-electron chi connectivity index (χ1n) is 10.2. The number of nitrogens with one attached hydrogen (secondary N) is 1. The van der Waals surface area contributed by atoms with E-state index in [0.29, 0.717) is 11.6 Å². The van der Waals surface area contributed by atoms with E-state index in [4.69, 9.17) is 23.8 Å². The van der Waals surface area contributed by atoms with Crippen molar-refractivity contribution >= 4 is 29.3 Å². The predicted octanol–water partition coefficient (Wildman–Crippen LogP) is 1.85. The summed E-state index contributed by atoms with van der Waals surface area (Å²) in [4.78, 5) is 39.8. The molecule has 7 heteroatoms. The van der Waals surface area contributed by atoms with Gasteiger partial charge < -0.3 is 16.0 Å². The van der Waals surface area contributed by atoms with E-state index in [2.05, 4.69) is 25.1 Å². The van der Waals surface area contributed by atoms with Gasteiger partial charge in [-0.2, -0.15) is 0 Å². The van der Waals surface area contributed by atoms with Crippen molar-refractivity contribution in [2.45, 2.75) is 50.6 Å². The lowest BCUT2D eigenvalue weighted by Gasteiger charge is -2.33. The maximum absolute atomic E-state index is 13.6. The molecule has 0 radical (unpaired) electrons. The Balaban J connectivity index is 1.57. The number of nitrogens with zero attached hydrogens (tertiary/aromatic N) is 1. The van der Waals surface area contributed by atoms with Gasteiger partial charge in [0.15, 0.2) is 0 Å². The number of halogens is 1. The number of carbonyl (C=O) groups is 3. The number of hydrogen-bond donors (Lipinski definition) is 2. The summed E-state index contributed by atoms with van der Waals surface area (Å²) in [6, 6.07) is 6.00. The molecule has 3 amide bonds. The van der Waals surface area contributed by atoms with E-state index in [-0.39, 0.29) is 35.5 Å². The number of amides is 3. The summed E-state index contributed by atoms with van der Waals surface area (Å²) in [5.41, 5.74) is 5.58. The molecule has 0 unspecified atom stereocenters. The van der Waals surface area contributed by atoms with Crippen LogP contribution in [0.4, 0.5) is 0 Å². The van der Waals surface area contributed by atoms with Gasteiger partial charge in [0.05, 0.1) is 17.9 Å². The minimum absolute atomic E-state index is 0.00883. The van der Waals surface area contributed by atoms with Crippen molar-refractivity contribution in [3.05, 3.63) is 34.9 Å². The summed E-state index contributed by atoms with van der Waals surface area (Å²) < 4.78 is 0. The van der Waals surface area contributed by atoms with Crippen LogP contribution in [-0.4, -0.2) is 41.2 Å². The molecule has 2 aliphatic carbocycles. The Morgan fingerprint density at radius 2 is 1.93 bits per heavy atom. The average molecular weight is 428 g/mol. The number of carbonyl (C=O) groups excluding carboxylic acids is 3. The topological polar surface area (TPSA) is 92.5 Å². The maximum Gasteiger partial charge on any atom is 0.244 e. The third kappa shape index (κ3) is 3.26. The number of fused-ring (bicyclic) bond motifs is 1. The molecule has 158 valence electrons. The predicted molar refractivity (Wildman–Crippen MR) is 113 cm³/mol. The number of benzene rings is 1. The number of rotatable bonds is 6. The Bertz CT molecular complexity index is 945. The van der Waals surface area contributed by atoms with Gasteiger partial charge in [0.25, 0.3) is 0 Å². The third-order valence-corrected chi connectivity index (χ3v) is 7.47. The lowest BCUT2D eigenvalue weighted by molar-refractivity contribution is -0.142. The van der Waals surface area contributed by atoms with E-state index < -0.39 is 23.4 Å². The van der Waals surface area contributed by atoms with E-state index in [1.165, 1.54) is 0 Å². The van der Waals surface area contributed by atoms with Gasteiger partial charge >= 0.3 is 0 Å². The van der Waals surface area contributed by atoms with Gasteiger partial charge in [0.2, 0.25) is 17.7 Å². The van der Waals surface area contributed by atoms with Gasteiger partial charge in [-0.25, -0.2) is 0 Å². The summed E-state index contributed by atoms with van der Waals surface area (Å²) in [6.07, 6.45) is 6.85. The van der Waals surface area contributed by atoms with Crippen molar-refractivity contribution in [2.24, 2.45) is 23.0 Å². The summed E-state index contributed by atoms with van der Waals surface area (Å²) >= 11 is 6.01. The first-order chi connectivity index (χ1) is 14.1. The van der Waals surface area contributed by atoms with Gasteiger partial charge in [-0.3, -0.25) is 14.4 Å². The van der Waals surface area contributed by atoms with Crippen LogP contribution in [-0.2, 0) is 19.8 Å². The minimum atomic E-state index is -0.779. The van der Waals surface area contributed by atoms with Crippen molar-refractivity contribution in [1.82, 2.24) is 10.2 Å². The summed E-state index contributed by atoms with van der Waals surface area (Å²) in [6.45, 7) is 4.80. The number of nitrogens with two attached hydrogens (primary N) is 1. The molecule has 0 bridgehead atoms. The standard InChI is InChI=1S/C23H26ClN3O3/c1-4-15(11-17(25)28)26-20(29)19-18-16(22(18,2)3)12-27(19)21(30)23(9-10-23)13-5-7-14(24)8-6-13/h1,5-8,15-16,18-19H,9-12H2,2-3H3,(H2,25,28)(H,26,29)/t15-,16+,18+,19+/m1/s1. The molecule has 4 atom stereocenters. The summed E-state index contributed by atoms with van der Waals surface area (Å²) in [5.74, 6) is 1.86. The molecule has 6 nitrogen and oxygen atoms in total. The van der Waals surface area contributed by atoms with Crippen LogP contribution in [0.5, 0.6) is 0 Å². The Kier molecular flexibility index (Phi) is 4.85. The average Bonchev–Trinajstić information content (AvgIpc) is 3.52. The van der Waals surface area contributed by atoms with Gasteiger partial charge in [-0.15, -0.1) is 6.42 Å². The van der Waals surface area contributed by atoms with Crippen molar-refractivity contribution in [3.63, 3.8) is 0 Å². The molecule has 2 saturated carbocycles. The van der Waals surface area contributed by atoms with Gasteiger partial charge in [0.1, 0.15) is 6.04 Å². The van der Waals surface area contributed by atoms with Gasteiger partial charge in [-0.1, -0.05) is 43.5 Å². The Labute approximate surface area is 181 Å².